The Hall–Kier alpha value is -0.328. The first-order valence-electron chi connectivity index (χ1n) is 6.60. The molecule has 0 saturated heterocycles. The number of rotatable bonds is 4. The van der Waals surface area contributed by atoms with E-state index in [1.807, 2.05) is 13.8 Å². The van der Waals surface area contributed by atoms with Crippen LogP contribution in [0.5, 0.6) is 0 Å². The van der Waals surface area contributed by atoms with E-state index in [1.165, 1.54) is 9.99 Å². The minimum atomic E-state index is 0.0938. The topological polar surface area (TPSA) is 46.1 Å². The zero-order valence-corrected chi connectivity index (χ0v) is 13.1. The van der Waals surface area contributed by atoms with Gasteiger partial charge in [-0.2, -0.15) is 0 Å². The Morgan fingerprint density at radius 1 is 0.889 bits per heavy atom. The molecule has 1 aromatic carbocycles. The van der Waals surface area contributed by atoms with E-state index in [0.717, 1.165) is 25.7 Å². The number of unbranched alkanes of at least 4 members (excludes halogenated alkanes) is 2. The van der Waals surface area contributed by atoms with E-state index in [1.54, 1.807) is 0 Å². The van der Waals surface area contributed by atoms with Crippen molar-refractivity contribution in [2.45, 2.75) is 46.5 Å². The summed E-state index contributed by atoms with van der Waals surface area (Å²) in [5, 5.41) is 19.1. The van der Waals surface area contributed by atoms with Gasteiger partial charge in [-0.25, -0.2) is 0 Å². The van der Waals surface area contributed by atoms with Gasteiger partial charge in [-0.15, -0.1) is 13.2 Å². The average Bonchev–Trinajstić information content (AvgIpc) is 2.37. The van der Waals surface area contributed by atoms with Gasteiger partial charge in [0.2, 0.25) is 0 Å². The summed E-state index contributed by atoms with van der Waals surface area (Å²) in [5.74, 6) is 0. The molecule has 1 rings (SSSR count). The summed E-state index contributed by atoms with van der Waals surface area (Å²) >= 11 is 2.65. The number of hydrogen-bond donors (Lipinski definition) is 0. The molecular formula is C15H25AlO2. The molecule has 0 aromatic heterocycles. The molecule has 0 bridgehead atoms. The molecule has 0 fully saturated rings. The van der Waals surface area contributed by atoms with Gasteiger partial charge in [0.05, 0.1) is 0 Å². The molecule has 0 radical (unpaired) electrons. The van der Waals surface area contributed by atoms with Crippen molar-refractivity contribution in [2.75, 3.05) is 13.2 Å². The van der Waals surface area contributed by atoms with Gasteiger partial charge in [-0.1, -0.05) is 39.5 Å². The molecule has 100 valence electrons. The second kappa shape index (κ2) is 16.7. The number of aryl methyl sites for hydroxylation is 1. The summed E-state index contributed by atoms with van der Waals surface area (Å²) in [4.78, 5) is 0. The fraction of sp³-hybridized carbons (Fsp3) is 0.600. The Labute approximate surface area is 120 Å². The summed E-state index contributed by atoms with van der Waals surface area (Å²) in [6.07, 6.45) is 3.73. The van der Waals surface area contributed by atoms with Crippen molar-refractivity contribution in [3.63, 3.8) is 0 Å². The summed E-state index contributed by atoms with van der Waals surface area (Å²) in [7, 11) is 0. The van der Waals surface area contributed by atoms with Crippen molar-refractivity contribution >= 4 is 20.7 Å². The first kappa shape index (κ1) is 20.0. The van der Waals surface area contributed by atoms with Gasteiger partial charge in [0.1, 0.15) is 0 Å². The molecule has 0 atom stereocenters. The van der Waals surface area contributed by atoms with E-state index in [0.29, 0.717) is 0 Å². The van der Waals surface area contributed by atoms with Crippen LogP contribution in [0.15, 0.2) is 24.3 Å². The van der Waals surface area contributed by atoms with Crippen molar-refractivity contribution in [1.29, 1.82) is 0 Å². The molecule has 0 unspecified atom stereocenters. The van der Waals surface area contributed by atoms with Crippen LogP contribution in [0.3, 0.4) is 0 Å². The normalized spacial score (nSPS) is 8.83. The van der Waals surface area contributed by atoms with Crippen LogP contribution in [0.25, 0.3) is 0 Å². The summed E-state index contributed by atoms with van der Waals surface area (Å²) in [6, 6.07) is 8.37. The van der Waals surface area contributed by atoms with Crippen LogP contribution in [-0.4, -0.2) is 29.5 Å². The maximum absolute atomic E-state index is 9.53. The van der Waals surface area contributed by atoms with Crippen molar-refractivity contribution in [3.05, 3.63) is 29.8 Å². The van der Waals surface area contributed by atoms with E-state index in [-0.39, 0.29) is 13.2 Å². The maximum atomic E-state index is 9.53. The van der Waals surface area contributed by atoms with E-state index < -0.39 is 0 Å². The molecule has 18 heavy (non-hydrogen) atoms. The molecular weight excluding hydrogens is 239 g/mol. The van der Waals surface area contributed by atoms with Crippen molar-refractivity contribution in [3.8, 4) is 0 Å². The fourth-order valence-electron chi connectivity index (χ4n) is 0.855. The van der Waals surface area contributed by atoms with Crippen LogP contribution in [0.4, 0.5) is 0 Å². The van der Waals surface area contributed by atoms with Gasteiger partial charge in [-0.05, 0) is 0 Å². The predicted octanol–water partition coefficient (Wildman–Crippen LogP) is 1.08. The molecule has 0 aliphatic heterocycles. The van der Waals surface area contributed by atoms with Crippen molar-refractivity contribution < 1.29 is 10.2 Å². The molecule has 0 spiro atoms. The van der Waals surface area contributed by atoms with Gasteiger partial charge >= 0.3 is 57.5 Å². The Bertz CT molecular complexity index is 216. The van der Waals surface area contributed by atoms with Gasteiger partial charge in [0, 0.05) is 0 Å². The number of benzene rings is 1. The van der Waals surface area contributed by atoms with Crippen LogP contribution < -0.4 is 14.6 Å². The van der Waals surface area contributed by atoms with E-state index >= 15 is 0 Å². The summed E-state index contributed by atoms with van der Waals surface area (Å²) in [6.45, 7) is 6.30. The van der Waals surface area contributed by atoms with Crippen LogP contribution in [-0.2, 0) is 0 Å². The second-order valence-electron chi connectivity index (χ2n) is 4.03. The molecule has 0 aliphatic rings. The quantitative estimate of drug-likeness (QED) is 0.764. The van der Waals surface area contributed by atoms with Gasteiger partial charge in [0.15, 0.2) is 0 Å². The molecule has 2 nitrogen and oxygen atoms in total. The van der Waals surface area contributed by atoms with Crippen LogP contribution in [0.1, 0.15) is 45.1 Å². The third-order valence-corrected chi connectivity index (χ3v) is 2.46. The SMILES string of the molecule is CCCC[O-].CCCC[O-].Cc1cc[c]([Al+2])cc1. The van der Waals surface area contributed by atoms with Gasteiger partial charge in [0.25, 0.3) is 0 Å². The van der Waals surface area contributed by atoms with Crippen molar-refractivity contribution in [2.24, 2.45) is 0 Å². The first-order chi connectivity index (χ1) is 8.62. The third kappa shape index (κ3) is 18.0. The number of hydrogen-bond acceptors (Lipinski definition) is 2. The molecule has 0 saturated carbocycles. The average molecular weight is 264 g/mol. The van der Waals surface area contributed by atoms with Crippen LogP contribution in [0.2, 0.25) is 0 Å². The Kier molecular flexibility index (Phi) is 18.5. The second-order valence-corrected chi connectivity index (χ2v) is 4.69. The fourth-order valence-corrected chi connectivity index (χ4v) is 1.05. The van der Waals surface area contributed by atoms with Crippen LogP contribution >= 0.6 is 0 Å². The minimum absolute atomic E-state index is 0.0938. The molecule has 0 N–H and O–H groups in total. The standard InChI is InChI=1S/C7H7.2C4H9O.Al/c1-7-5-3-2-4-6-7;2*1-2-3-4-5;/h3-6H,1H3;2*2-4H2,1H3;/q;2*-1;+2. The monoisotopic (exact) mass is 264 g/mol. The Morgan fingerprint density at radius 3 is 1.44 bits per heavy atom. The van der Waals surface area contributed by atoms with Gasteiger partial charge in [-0.3, -0.25) is 0 Å². The van der Waals surface area contributed by atoms with E-state index in [9.17, 15) is 10.2 Å². The van der Waals surface area contributed by atoms with Crippen LogP contribution in [0, 0.1) is 6.92 Å². The zero-order valence-electron chi connectivity index (χ0n) is 11.9. The summed E-state index contributed by atoms with van der Waals surface area (Å²) < 4.78 is 1.25. The summed E-state index contributed by atoms with van der Waals surface area (Å²) in [5.41, 5.74) is 1.32. The molecule has 0 heterocycles. The Balaban J connectivity index is 0. The molecule has 0 aliphatic carbocycles. The molecule has 1 aromatic rings. The Morgan fingerprint density at radius 2 is 1.28 bits per heavy atom. The van der Waals surface area contributed by atoms with Crippen molar-refractivity contribution in [1.82, 2.24) is 0 Å². The first-order valence-corrected chi connectivity index (χ1v) is 7.18. The third-order valence-electron chi connectivity index (χ3n) is 2.07. The molecule has 0 amide bonds. The predicted molar refractivity (Wildman–Crippen MR) is 76.1 cm³/mol. The van der Waals surface area contributed by atoms with E-state index in [2.05, 4.69) is 47.5 Å². The van der Waals surface area contributed by atoms with E-state index in [4.69, 9.17) is 0 Å². The zero-order chi connectivity index (χ0) is 14.2. The van der Waals surface area contributed by atoms with Gasteiger partial charge < -0.3 is 10.2 Å². The molecule has 3 heteroatoms.